The van der Waals surface area contributed by atoms with Gasteiger partial charge in [0.1, 0.15) is 16.7 Å². The van der Waals surface area contributed by atoms with Crippen molar-refractivity contribution in [3.63, 3.8) is 0 Å². The first-order chi connectivity index (χ1) is 11.6. The average molecular weight is 361 g/mol. The summed E-state index contributed by atoms with van der Waals surface area (Å²) in [4.78, 5) is 25.7. The quantitative estimate of drug-likeness (QED) is 0.467. The number of fused-ring (bicyclic) bond motifs is 1. The first-order valence-corrected chi connectivity index (χ1v) is 8.55. The standard InChI is InChI=1S/C17H15NO4S2/c1-21-15(19)6-7-18-16(20)14(24-17(18)23)9-11-8-12-4-2-3-5-13(12)22-10-11/h2-5,8-9H,6-7,10H2,1H3. The van der Waals surface area contributed by atoms with Gasteiger partial charge < -0.3 is 9.47 Å². The number of hydrogen-bond acceptors (Lipinski definition) is 6. The van der Waals surface area contributed by atoms with Crippen LogP contribution in [0.4, 0.5) is 0 Å². The van der Waals surface area contributed by atoms with Crippen molar-refractivity contribution < 1.29 is 19.1 Å². The summed E-state index contributed by atoms with van der Waals surface area (Å²) in [6.45, 7) is 0.635. The van der Waals surface area contributed by atoms with Gasteiger partial charge in [-0.25, -0.2) is 0 Å². The molecule has 0 bridgehead atoms. The molecule has 2 aliphatic heterocycles. The van der Waals surface area contributed by atoms with Gasteiger partial charge in [-0.1, -0.05) is 42.2 Å². The molecule has 0 aromatic heterocycles. The Labute approximate surface area is 149 Å². The molecule has 0 aliphatic carbocycles. The number of carbonyl (C=O) groups excluding carboxylic acids is 2. The lowest BCUT2D eigenvalue weighted by molar-refractivity contribution is -0.140. The van der Waals surface area contributed by atoms with E-state index in [-0.39, 0.29) is 24.8 Å². The van der Waals surface area contributed by atoms with Crippen LogP contribution in [0.25, 0.3) is 6.08 Å². The first kappa shape index (κ1) is 16.7. The van der Waals surface area contributed by atoms with E-state index >= 15 is 0 Å². The molecule has 0 saturated carbocycles. The third-order valence-electron chi connectivity index (χ3n) is 3.61. The second kappa shape index (κ2) is 7.19. The summed E-state index contributed by atoms with van der Waals surface area (Å²) in [6, 6.07) is 7.73. The highest BCUT2D eigenvalue weighted by atomic mass is 32.2. The molecule has 124 valence electrons. The van der Waals surface area contributed by atoms with Crippen LogP contribution in [0.15, 0.2) is 40.8 Å². The van der Waals surface area contributed by atoms with Gasteiger partial charge in [0.05, 0.1) is 18.4 Å². The van der Waals surface area contributed by atoms with Crippen molar-refractivity contribution in [1.82, 2.24) is 4.90 Å². The predicted molar refractivity (Wildman–Crippen MR) is 96.5 cm³/mol. The molecule has 0 atom stereocenters. The summed E-state index contributed by atoms with van der Waals surface area (Å²) in [6.07, 6.45) is 3.92. The number of ether oxygens (including phenoxy) is 2. The molecule has 3 rings (SSSR count). The zero-order valence-corrected chi connectivity index (χ0v) is 14.6. The van der Waals surface area contributed by atoms with E-state index in [9.17, 15) is 9.59 Å². The number of amides is 1. The van der Waals surface area contributed by atoms with Crippen molar-refractivity contribution in [3.8, 4) is 5.75 Å². The fourth-order valence-corrected chi connectivity index (χ4v) is 3.71. The molecule has 0 radical (unpaired) electrons. The average Bonchev–Trinajstić information content (AvgIpc) is 2.86. The molecule has 1 saturated heterocycles. The molecule has 7 heteroatoms. The Balaban J connectivity index is 1.75. The molecular formula is C17H15NO4S2. The van der Waals surface area contributed by atoms with Gasteiger partial charge in [-0.3, -0.25) is 14.5 Å². The van der Waals surface area contributed by atoms with E-state index in [1.807, 2.05) is 30.3 Å². The maximum absolute atomic E-state index is 12.5. The Morgan fingerprint density at radius 3 is 3.04 bits per heavy atom. The molecule has 1 aromatic rings. The van der Waals surface area contributed by atoms with Gasteiger partial charge in [-0.05, 0) is 23.8 Å². The van der Waals surface area contributed by atoms with Crippen LogP contribution in [-0.2, 0) is 14.3 Å². The lowest BCUT2D eigenvalue weighted by Gasteiger charge is -2.16. The third-order valence-corrected chi connectivity index (χ3v) is 4.99. The molecule has 0 unspecified atom stereocenters. The van der Waals surface area contributed by atoms with Gasteiger partial charge in [-0.2, -0.15) is 0 Å². The van der Waals surface area contributed by atoms with Crippen LogP contribution in [0.5, 0.6) is 5.75 Å². The lowest BCUT2D eigenvalue weighted by atomic mass is 10.1. The number of rotatable bonds is 4. The Morgan fingerprint density at radius 1 is 1.46 bits per heavy atom. The van der Waals surface area contributed by atoms with Crippen molar-refractivity contribution in [2.45, 2.75) is 6.42 Å². The third kappa shape index (κ3) is 3.52. The van der Waals surface area contributed by atoms with Gasteiger partial charge in [0, 0.05) is 12.1 Å². The molecule has 1 aromatic carbocycles. The number of esters is 1. The fraction of sp³-hybridized carbons (Fsp3) is 0.235. The van der Waals surface area contributed by atoms with E-state index in [1.165, 1.54) is 23.8 Å². The van der Waals surface area contributed by atoms with Crippen LogP contribution in [0.1, 0.15) is 12.0 Å². The highest BCUT2D eigenvalue weighted by Gasteiger charge is 2.32. The first-order valence-electron chi connectivity index (χ1n) is 7.33. The Morgan fingerprint density at radius 2 is 2.25 bits per heavy atom. The van der Waals surface area contributed by atoms with Gasteiger partial charge in [0.15, 0.2) is 0 Å². The number of thioether (sulfide) groups is 1. The number of para-hydroxylation sites is 1. The van der Waals surface area contributed by atoms with E-state index in [1.54, 1.807) is 6.08 Å². The van der Waals surface area contributed by atoms with E-state index < -0.39 is 0 Å². The number of benzene rings is 1. The van der Waals surface area contributed by atoms with Crippen molar-refractivity contribution in [2.24, 2.45) is 0 Å². The van der Waals surface area contributed by atoms with Crippen LogP contribution < -0.4 is 4.74 Å². The zero-order chi connectivity index (χ0) is 17.1. The number of hydrogen-bond donors (Lipinski definition) is 0. The molecule has 1 fully saturated rings. The SMILES string of the molecule is COC(=O)CCN1C(=O)C(=CC2=Cc3ccccc3OC2)SC1=S. The summed E-state index contributed by atoms with van der Waals surface area (Å²) in [5.74, 6) is 0.280. The molecular weight excluding hydrogens is 346 g/mol. The highest BCUT2D eigenvalue weighted by Crippen LogP contribution is 2.34. The van der Waals surface area contributed by atoms with Crippen molar-refractivity contribution >= 4 is 46.3 Å². The molecule has 1 amide bonds. The Kier molecular flexibility index (Phi) is 5.01. The summed E-state index contributed by atoms with van der Waals surface area (Å²) in [5.41, 5.74) is 1.89. The Bertz CT molecular complexity index is 770. The maximum atomic E-state index is 12.5. The van der Waals surface area contributed by atoms with Crippen molar-refractivity contribution in [2.75, 3.05) is 20.3 Å². The van der Waals surface area contributed by atoms with Crippen molar-refractivity contribution in [3.05, 3.63) is 46.4 Å². The number of thiocarbonyl (C=S) groups is 1. The van der Waals surface area contributed by atoms with Gasteiger partial charge in [-0.15, -0.1) is 0 Å². The predicted octanol–water partition coefficient (Wildman–Crippen LogP) is 2.77. The van der Waals surface area contributed by atoms with Gasteiger partial charge in [0.2, 0.25) is 0 Å². The second-order valence-electron chi connectivity index (χ2n) is 5.21. The lowest BCUT2D eigenvalue weighted by Crippen LogP contribution is -2.30. The molecule has 2 aliphatic rings. The van der Waals surface area contributed by atoms with E-state index in [0.717, 1.165) is 16.9 Å². The van der Waals surface area contributed by atoms with E-state index in [0.29, 0.717) is 15.8 Å². The molecule has 0 N–H and O–H groups in total. The largest absolute Gasteiger partial charge is 0.488 e. The molecule has 24 heavy (non-hydrogen) atoms. The highest BCUT2D eigenvalue weighted by molar-refractivity contribution is 8.26. The number of carbonyl (C=O) groups is 2. The minimum Gasteiger partial charge on any atom is -0.488 e. The number of methoxy groups -OCH3 is 1. The van der Waals surface area contributed by atoms with Crippen LogP contribution in [0.3, 0.4) is 0 Å². The van der Waals surface area contributed by atoms with E-state index in [4.69, 9.17) is 17.0 Å². The van der Waals surface area contributed by atoms with Crippen LogP contribution in [0.2, 0.25) is 0 Å². The van der Waals surface area contributed by atoms with Gasteiger partial charge in [0.25, 0.3) is 5.91 Å². The van der Waals surface area contributed by atoms with Crippen LogP contribution in [0, 0.1) is 0 Å². The Hall–Kier alpha value is -2.12. The van der Waals surface area contributed by atoms with Crippen molar-refractivity contribution in [1.29, 1.82) is 0 Å². The normalized spacial score (nSPS) is 18.3. The molecule has 2 heterocycles. The maximum Gasteiger partial charge on any atom is 0.307 e. The zero-order valence-electron chi connectivity index (χ0n) is 13.0. The van der Waals surface area contributed by atoms with Gasteiger partial charge >= 0.3 is 5.97 Å². The van der Waals surface area contributed by atoms with Crippen LogP contribution >= 0.6 is 24.0 Å². The molecule has 0 spiro atoms. The summed E-state index contributed by atoms with van der Waals surface area (Å²) in [7, 11) is 1.32. The monoisotopic (exact) mass is 361 g/mol. The second-order valence-corrected chi connectivity index (χ2v) is 6.88. The summed E-state index contributed by atoms with van der Waals surface area (Å²) < 4.78 is 10.7. The molecule has 5 nitrogen and oxygen atoms in total. The fourth-order valence-electron chi connectivity index (χ4n) is 2.38. The minimum absolute atomic E-state index is 0.120. The number of nitrogens with zero attached hydrogens (tertiary/aromatic N) is 1. The van der Waals surface area contributed by atoms with E-state index in [2.05, 4.69) is 4.74 Å². The summed E-state index contributed by atoms with van der Waals surface area (Å²) >= 11 is 6.47. The minimum atomic E-state index is -0.368. The van der Waals surface area contributed by atoms with Crippen LogP contribution in [-0.4, -0.2) is 41.4 Å². The summed E-state index contributed by atoms with van der Waals surface area (Å²) in [5, 5.41) is 0. The topological polar surface area (TPSA) is 55.8 Å². The smallest absolute Gasteiger partial charge is 0.307 e.